The molecule has 1 aromatic rings. The molecule has 2 aliphatic rings. The number of aryl methyl sites for hydroxylation is 2. The highest BCUT2D eigenvalue weighted by Crippen LogP contribution is 2.24. The Kier molecular flexibility index (Phi) is 4.67. The van der Waals surface area contributed by atoms with E-state index in [9.17, 15) is 21.6 Å². The second-order valence-electron chi connectivity index (χ2n) is 6.33. The van der Waals surface area contributed by atoms with Gasteiger partial charge in [-0.05, 0) is 55.4 Å². The fourth-order valence-corrected chi connectivity index (χ4v) is 5.80. The third kappa shape index (κ3) is 3.79. The number of hydrogen-bond acceptors (Lipinski definition) is 5. The Balaban J connectivity index is 1.67. The molecule has 0 unspecified atom stereocenters. The van der Waals surface area contributed by atoms with E-state index in [-0.39, 0.29) is 22.8 Å². The van der Waals surface area contributed by atoms with Gasteiger partial charge in [-0.25, -0.2) is 16.8 Å². The summed E-state index contributed by atoms with van der Waals surface area (Å²) < 4.78 is 47.4. The minimum Gasteiger partial charge on any atom is -0.277 e. The van der Waals surface area contributed by atoms with Crippen molar-refractivity contribution in [2.75, 3.05) is 11.5 Å². The average Bonchev–Trinajstić information content (AvgIpc) is 2.92. The maximum atomic E-state index is 12.3. The summed E-state index contributed by atoms with van der Waals surface area (Å²) in [5.74, 6) is -1.60. The summed E-state index contributed by atoms with van der Waals surface area (Å²) in [6.07, 6.45) is 4.17. The number of fused-ring (bicyclic) bond motifs is 1. The van der Waals surface area contributed by atoms with E-state index >= 15 is 0 Å². The molecule has 2 N–H and O–H groups in total. The second-order valence-corrected chi connectivity index (χ2v) is 10.2. The van der Waals surface area contributed by atoms with Crippen molar-refractivity contribution in [1.29, 1.82) is 0 Å². The van der Waals surface area contributed by atoms with E-state index in [1.807, 2.05) is 6.07 Å². The van der Waals surface area contributed by atoms with Crippen LogP contribution in [0.3, 0.4) is 0 Å². The summed E-state index contributed by atoms with van der Waals surface area (Å²) in [5.41, 5.74) is 4.33. The molecule has 0 aromatic heterocycles. The molecule has 1 saturated heterocycles. The van der Waals surface area contributed by atoms with Crippen LogP contribution >= 0.6 is 0 Å². The molecule has 0 bridgehead atoms. The highest BCUT2D eigenvalue weighted by atomic mass is 32.2. The molecule has 0 radical (unpaired) electrons. The van der Waals surface area contributed by atoms with Crippen molar-refractivity contribution in [3.8, 4) is 0 Å². The average molecular weight is 372 g/mol. The molecule has 0 saturated carbocycles. The van der Waals surface area contributed by atoms with Gasteiger partial charge in [-0.2, -0.15) is 0 Å². The largest absolute Gasteiger partial charge is 0.277 e. The maximum absolute atomic E-state index is 12.3. The van der Waals surface area contributed by atoms with Crippen LogP contribution in [-0.2, 0) is 37.5 Å². The van der Waals surface area contributed by atoms with E-state index in [1.54, 1.807) is 6.07 Å². The number of carbonyl (C=O) groups is 1. The normalized spacial score (nSPS) is 22.8. The molecule has 132 valence electrons. The monoisotopic (exact) mass is 372 g/mol. The zero-order valence-electron chi connectivity index (χ0n) is 13.1. The van der Waals surface area contributed by atoms with Gasteiger partial charge in [0.1, 0.15) is 0 Å². The first-order valence-electron chi connectivity index (χ1n) is 7.91. The fourth-order valence-electron chi connectivity index (χ4n) is 3.16. The van der Waals surface area contributed by atoms with Crippen LogP contribution in [0.2, 0.25) is 0 Å². The Morgan fingerprint density at radius 3 is 2.50 bits per heavy atom. The summed E-state index contributed by atoms with van der Waals surface area (Å²) in [5, 5.41) is 0. The predicted molar refractivity (Wildman–Crippen MR) is 88.3 cm³/mol. The Bertz CT molecular complexity index is 862. The maximum Gasteiger partial charge on any atom is 0.257 e. The number of amides is 1. The van der Waals surface area contributed by atoms with Crippen molar-refractivity contribution in [3.05, 3.63) is 29.3 Å². The lowest BCUT2D eigenvalue weighted by Gasteiger charge is -2.17. The number of hydrogen-bond donors (Lipinski definition) is 2. The van der Waals surface area contributed by atoms with E-state index < -0.39 is 31.7 Å². The van der Waals surface area contributed by atoms with Crippen LogP contribution < -0.4 is 10.3 Å². The lowest BCUT2D eigenvalue weighted by molar-refractivity contribution is -0.124. The molecule has 1 aliphatic heterocycles. The van der Waals surface area contributed by atoms with E-state index in [2.05, 4.69) is 10.3 Å². The molecule has 24 heavy (non-hydrogen) atoms. The minimum atomic E-state index is -3.88. The molecule has 9 heteroatoms. The zero-order valence-corrected chi connectivity index (χ0v) is 14.7. The van der Waals surface area contributed by atoms with Gasteiger partial charge < -0.3 is 0 Å². The number of carbonyl (C=O) groups excluding carboxylic acids is 1. The van der Waals surface area contributed by atoms with Gasteiger partial charge in [0.2, 0.25) is 5.91 Å². The SMILES string of the molecule is O=C(NNS(=O)(=O)c1ccc2c(c1)CCCC2)[C@H]1CCS(=O)(=O)C1. The molecule has 1 aliphatic carbocycles. The Hall–Kier alpha value is -1.45. The quantitative estimate of drug-likeness (QED) is 0.739. The Labute approximate surface area is 141 Å². The summed E-state index contributed by atoms with van der Waals surface area (Å²) in [6.45, 7) is 0. The van der Waals surface area contributed by atoms with Gasteiger partial charge in [-0.15, -0.1) is 4.83 Å². The molecule has 0 spiro atoms. The number of sulfone groups is 1. The number of nitrogens with one attached hydrogen (secondary N) is 2. The fraction of sp³-hybridized carbons (Fsp3) is 0.533. The van der Waals surface area contributed by atoms with Crippen LogP contribution in [0.1, 0.15) is 30.4 Å². The smallest absolute Gasteiger partial charge is 0.257 e. The van der Waals surface area contributed by atoms with Gasteiger partial charge in [0.15, 0.2) is 9.84 Å². The Morgan fingerprint density at radius 1 is 1.12 bits per heavy atom. The van der Waals surface area contributed by atoms with Gasteiger partial charge in [0, 0.05) is 0 Å². The first kappa shape index (κ1) is 17.4. The molecule has 7 nitrogen and oxygen atoms in total. The van der Waals surface area contributed by atoms with E-state index in [4.69, 9.17) is 0 Å². The number of benzene rings is 1. The third-order valence-electron chi connectivity index (χ3n) is 4.54. The standard InChI is InChI=1S/C15H20N2O5S2/c18-15(13-7-8-23(19,20)10-13)16-17-24(21,22)14-6-5-11-3-1-2-4-12(11)9-14/h5-6,9,13,17H,1-4,7-8,10H2,(H,16,18)/t13-/m0/s1. The Morgan fingerprint density at radius 2 is 1.83 bits per heavy atom. The summed E-state index contributed by atoms with van der Waals surface area (Å²) in [6, 6.07) is 4.98. The van der Waals surface area contributed by atoms with Crippen molar-refractivity contribution in [2.24, 2.45) is 5.92 Å². The van der Waals surface area contributed by atoms with Gasteiger partial charge >= 0.3 is 0 Å². The molecule has 1 fully saturated rings. The van der Waals surface area contributed by atoms with Crippen LogP contribution in [0.5, 0.6) is 0 Å². The van der Waals surface area contributed by atoms with Crippen molar-refractivity contribution in [1.82, 2.24) is 10.3 Å². The van der Waals surface area contributed by atoms with Crippen LogP contribution in [0, 0.1) is 5.92 Å². The predicted octanol–water partition coefficient (Wildman–Crippen LogP) is 0.310. The van der Waals surface area contributed by atoms with E-state index in [0.29, 0.717) is 0 Å². The van der Waals surface area contributed by atoms with Crippen molar-refractivity contribution in [3.63, 3.8) is 0 Å². The molecule has 1 amide bonds. The van der Waals surface area contributed by atoms with Gasteiger partial charge in [0.05, 0.1) is 22.3 Å². The zero-order chi connectivity index (χ0) is 17.4. The van der Waals surface area contributed by atoms with Crippen LogP contribution in [0.15, 0.2) is 23.1 Å². The number of rotatable bonds is 4. The molecule has 1 aromatic carbocycles. The summed E-state index contributed by atoms with van der Waals surface area (Å²) in [4.78, 5) is 14.1. The third-order valence-corrected chi connectivity index (χ3v) is 7.56. The molecule has 3 rings (SSSR count). The van der Waals surface area contributed by atoms with Crippen LogP contribution in [-0.4, -0.2) is 34.2 Å². The molecular weight excluding hydrogens is 352 g/mol. The molecule has 1 atom stereocenters. The van der Waals surface area contributed by atoms with Gasteiger partial charge in [-0.3, -0.25) is 10.2 Å². The van der Waals surface area contributed by atoms with Gasteiger partial charge in [0.25, 0.3) is 10.0 Å². The van der Waals surface area contributed by atoms with Crippen molar-refractivity contribution < 1.29 is 21.6 Å². The van der Waals surface area contributed by atoms with Gasteiger partial charge in [-0.1, -0.05) is 6.07 Å². The lowest BCUT2D eigenvalue weighted by Crippen LogP contribution is -2.44. The first-order valence-corrected chi connectivity index (χ1v) is 11.2. The summed E-state index contributed by atoms with van der Waals surface area (Å²) >= 11 is 0. The molecular formula is C15H20N2O5S2. The van der Waals surface area contributed by atoms with E-state index in [1.165, 1.54) is 11.6 Å². The molecule has 1 heterocycles. The van der Waals surface area contributed by atoms with E-state index in [0.717, 1.165) is 31.2 Å². The van der Waals surface area contributed by atoms with Crippen LogP contribution in [0.4, 0.5) is 0 Å². The van der Waals surface area contributed by atoms with Crippen LogP contribution in [0.25, 0.3) is 0 Å². The minimum absolute atomic E-state index is 0.0390. The van der Waals surface area contributed by atoms with Crippen molar-refractivity contribution >= 4 is 25.8 Å². The topological polar surface area (TPSA) is 109 Å². The first-order chi connectivity index (χ1) is 11.3. The second kappa shape index (κ2) is 6.45. The number of hydrazine groups is 1. The van der Waals surface area contributed by atoms with Crippen molar-refractivity contribution in [2.45, 2.75) is 37.0 Å². The highest BCUT2D eigenvalue weighted by molar-refractivity contribution is 7.91. The number of sulfonamides is 1. The lowest BCUT2D eigenvalue weighted by atomic mass is 9.92. The summed E-state index contributed by atoms with van der Waals surface area (Å²) in [7, 11) is -7.07. The highest BCUT2D eigenvalue weighted by Gasteiger charge is 2.33.